The predicted molar refractivity (Wildman–Crippen MR) is 106 cm³/mol. The topological polar surface area (TPSA) is 76.2 Å². The van der Waals surface area contributed by atoms with E-state index >= 15 is 0 Å². The summed E-state index contributed by atoms with van der Waals surface area (Å²) in [6.07, 6.45) is 1.73. The van der Waals surface area contributed by atoms with Crippen LogP contribution in [0.25, 0.3) is 28.0 Å². The minimum atomic E-state index is 0.443. The van der Waals surface area contributed by atoms with Crippen molar-refractivity contribution in [1.82, 2.24) is 19.7 Å². The van der Waals surface area contributed by atoms with Gasteiger partial charge in [-0.05, 0) is 50.2 Å². The highest BCUT2D eigenvalue weighted by atomic mass is 35.5. The lowest BCUT2D eigenvalue weighted by molar-refractivity contribution is 0.319. The molecule has 7 heteroatoms. The minimum Gasteiger partial charge on any atom is -0.411 e. The van der Waals surface area contributed by atoms with Crippen LogP contribution in [-0.4, -0.2) is 30.7 Å². The van der Waals surface area contributed by atoms with E-state index in [0.29, 0.717) is 16.4 Å². The highest BCUT2D eigenvalue weighted by Gasteiger charge is 2.13. The number of fused-ring (bicyclic) bond motifs is 1. The van der Waals surface area contributed by atoms with Gasteiger partial charge in [0, 0.05) is 16.6 Å². The molecule has 0 fully saturated rings. The fourth-order valence-corrected chi connectivity index (χ4v) is 3.17. The summed E-state index contributed by atoms with van der Waals surface area (Å²) in [5, 5.41) is 18.1. The second kappa shape index (κ2) is 6.81. The van der Waals surface area contributed by atoms with Gasteiger partial charge in [0.15, 0.2) is 5.82 Å². The van der Waals surface area contributed by atoms with Gasteiger partial charge in [0.25, 0.3) is 0 Å². The molecule has 27 heavy (non-hydrogen) atoms. The fourth-order valence-electron chi connectivity index (χ4n) is 2.91. The minimum absolute atomic E-state index is 0.443. The fraction of sp³-hybridized carbons (Fsp3) is 0.100. The molecule has 0 saturated heterocycles. The average Bonchev–Trinajstić information content (AvgIpc) is 3.12. The third-order valence-electron chi connectivity index (χ3n) is 4.29. The van der Waals surface area contributed by atoms with Gasteiger partial charge in [0.05, 0.1) is 28.1 Å². The molecule has 4 rings (SSSR count). The maximum atomic E-state index is 9.00. The number of aryl methyl sites for hydroxylation is 1. The summed E-state index contributed by atoms with van der Waals surface area (Å²) in [5.74, 6) is 0.725. The molecule has 0 aliphatic rings. The molecule has 0 unspecified atom stereocenters. The first kappa shape index (κ1) is 17.2. The Morgan fingerprint density at radius 3 is 2.70 bits per heavy atom. The Bertz CT molecular complexity index is 1180. The Hall–Kier alpha value is -3.25. The molecule has 0 saturated carbocycles. The first-order chi connectivity index (χ1) is 13.1. The second-order valence-electron chi connectivity index (χ2n) is 6.18. The molecule has 134 valence electrons. The number of rotatable bonds is 3. The lowest BCUT2D eigenvalue weighted by atomic mass is 10.1. The predicted octanol–water partition coefficient (Wildman–Crippen LogP) is 4.64. The molecule has 0 spiro atoms. The van der Waals surface area contributed by atoms with Gasteiger partial charge in [0.2, 0.25) is 0 Å². The molecular weight excluding hydrogens is 362 g/mol. The summed E-state index contributed by atoms with van der Waals surface area (Å²) >= 11 is 6.51. The van der Waals surface area contributed by atoms with E-state index < -0.39 is 0 Å². The van der Waals surface area contributed by atoms with Crippen molar-refractivity contribution in [2.45, 2.75) is 13.8 Å². The van der Waals surface area contributed by atoms with Crippen LogP contribution in [0.1, 0.15) is 18.3 Å². The van der Waals surface area contributed by atoms with E-state index in [1.807, 2.05) is 49.4 Å². The van der Waals surface area contributed by atoms with Crippen LogP contribution in [-0.2, 0) is 0 Å². The van der Waals surface area contributed by atoms with Crippen molar-refractivity contribution in [2.24, 2.45) is 5.16 Å². The monoisotopic (exact) mass is 377 g/mol. The summed E-state index contributed by atoms with van der Waals surface area (Å²) in [7, 11) is 0. The Morgan fingerprint density at radius 1 is 1.11 bits per heavy atom. The van der Waals surface area contributed by atoms with Crippen LogP contribution in [0.15, 0.2) is 59.9 Å². The summed E-state index contributed by atoms with van der Waals surface area (Å²) in [6.45, 7) is 3.63. The van der Waals surface area contributed by atoms with E-state index in [0.717, 1.165) is 33.7 Å². The molecule has 0 radical (unpaired) electrons. The maximum absolute atomic E-state index is 9.00. The standard InChI is InChI=1S/C20H16ClN5O/c1-12-5-3-8-20(23-12)26-19-10-14(9-16(21)15(19)11-22-26)18-7-4-6-17(24-18)13(2)25-27/h3-11,27H,1-2H3/b25-13+. The molecule has 0 atom stereocenters. The van der Waals surface area contributed by atoms with Crippen LogP contribution in [0.5, 0.6) is 0 Å². The first-order valence-electron chi connectivity index (χ1n) is 8.34. The van der Waals surface area contributed by atoms with Crippen molar-refractivity contribution < 1.29 is 5.21 Å². The lowest BCUT2D eigenvalue weighted by Crippen LogP contribution is -2.01. The zero-order chi connectivity index (χ0) is 19.0. The van der Waals surface area contributed by atoms with Crippen LogP contribution >= 0.6 is 11.6 Å². The van der Waals surface area contributed by atoms with Crippen LogP contribution in [0, 0.1) is 6.92 Å². The van der Waals surface area contributed by atoms with Crippen molar-refractivity contribution >= 4 is 28.2 Å². The van der Waals surface area contributed by atoms with Crippen LogP contribution in [0.2, 0.25) is 5.02 Å². The quantitative estimate of drug-likeness (QED) is 0.320. The van der Waals surface area contributed by atoms with Gasteiger partial charge in [-0.3, -0.25) is 0 Å². The van der Waals surface area contributed by atoms with Crippen LogP contribution in [0.3, 0.4) is 0 Å². The highest BCUT2D eigenvalue weighted by Crippen LogP contribution is 2.31. The molecule has 6 nitrogen and oxygen atoms in total. The van der Waals surface area contributed by atoms with Gasteiger partial charge in [-0.1, -0.05) is 28.9 Å². The molecule has 3 aromatic heterocycles. The molecule has 1 N–H and O–H groups in total. The van der Waals surface area contributed by atoms with Gasteiger partial charge >= 0.3 is 0 Å². The van der Waals surface area contributed by atoms with E-state index in [-0.39, 0.29) is 0 Å². The highest BCUT2D eigenvalue weighted by molar-refractivity contribution is 6.35. The number of hydrogen-bond donors (Lipinski definition) is 1. The normalized spacial score (nSPS) is 11.9. The van der Waals surface area contributed by atoms with Gasteiger partial charge in [0.1, 0.15) is 5.71 Å². The molecule has 0 amide bonds. The van der Waals surface area contributed by atoms with E-state index in [1.165, 1.54) is 0 Å². The molecule has 4 aromatic rings. The molecule has 0 aliphatic heterocycles. The average molecular weight is 378 g/mol. The zero-order valence-electron chi connectivity index (χ0n) is 14.8. The van der Waals surface area contributed by atoms with Crippen LogP contribution in [0.4, 0.5) is 0 Å². The third-order valence-corrected chi connectivity index (χ3v) is 4.61. The number of oxime groups is 1. The smallest absolute Gasteiger partial charge is 0.154 e. The summed E-state index contributed by atoms with van der Waals surface area (Å²) in [6, 6.07) is 15.2. The van der Waals surface area contributed by atoms with Crippen molar-refractivity contribution in [3.8, 4) is 17.1 Å². The molecule has 0 bridgehead atoms. The summed E-state index contributed by atoms with van der Waals surface area (Å²) < 4.78 is 1.77. The van der Waals surface area contributed by atoms with E-state index in [1.54, 1.807) is 23.9 Å². The van der Waals surface area contributed by atoms with Gasteiger partial charge in [-0.25, -0.2) is 14.6 Å². The van der Waals surface area contributed by atoms with Gasteiger partial charge in [-0.15, -0.1) is 0 Å². The summed E-state index contributed by atoms with van der Waals surface area (Å²) in [4.78, 5) is 9.11. The lowest BCUT2D eigenvalue weighted by Gasteiger charge is -2.08. The SMILES string of the molecule is C/C(=N\O)c1cccc(-c2cc(Cl)c3cnn(-c4cccc(C)n4)c3c2)n1. The Labute approximate surface area is 160 Å². The zero-order valence-corrected chi connectivity index (χ0v) is 15.5. The molecule has 3 heterocycles. The number of halogens is 1. The Balaban J connectivity index is 1.90. The van der Waals surface area contributed by atoms with Gasteiger partial charge in [-0.2, -0.15) is 5.10 Å². The van der Waals surface area contributed by atoms with E-state index in [4.69, 9.17) is 16.8 Å². The second-order valence-corrected chi connectivity index (χ2v) is 6.59. The van der Waals surface area contributed by atoms with Gasteiger partial charge < -0.3 is 5.21 Å². The molecule has 0 aliphatic carbocycles. The summed E-state index contributed by atoms with van der Waals surface area (Å²) in [5.41, 5.74) is 4.36. The molecule has 1 aromatic carbocycles. The van der Waals surface area contributed by atoms with Crippen molar-refractivity contribution in [3.63, 3.8) is 0 Å². The maximum Gasteiger partial charge on any atom is 0.154 e. The van der Waals surface area contributed by atoms with E-state index in [9.17, 15) is 0 Å². The first-order valence-corrected chi connectivity index (χ1v) is 8.72. The van der Waals surface area contributed by atoms with E-state index in [2.05, 4.69) is 20.2 Å². The van der Waals surface area contributed by atoms with Crippen molar-refractivity contribution in [1.29, 1.82) is 0 Å². The largest absolute Gasteiger partial charge is 0.411 e. The Kier molecular flexibility index (Phi) is 4.33. The van der Waals surface area contributed by atoms with Crippen molar-refractivity contribution in [3.05, 3.63) is 71.1 Å². The molecular formula is C20H16ClN5O. The number of pyridine rings is 2. The number of aromatic nitrogens is 4. The third kappa shape index (κ3) is 3.15. The number of hydrogen-bond acceptors (Lipinski definition) is 5. The number of benzene rings is 1. The van der Waals surface area contributed by atoms with Crippen molar-refractivity contribution in [2.75, 3.05) is 0 Å². The van der Waals surface area contributed by atoms with Crippen LogP contribution < -0.4 is 0 Å². The Morgan fingerprint density at radius 2 is 1.93 bits per heavy atom. The number of nitrogens with zero attached hydrogens (tertiary/aromatic N) is 5.